The first-order valence-electron chi connectivity index (χ1n) is 9.94. The van der Waals surface area contributed by atoms with Crippen molar-refractivity contribution in [2.45, 2.75) is 32.3 Å². The number of nitrogens with one attached hydrogen (secondary N) is 2. The lowest BCUT2D eigenvalue weighted by Crippen LogP contribution is -2.34. The second-order valence-corrected chi connectivity index (χ2v) is 6.85. The Morgan fingerprint density at radius 3 is 1.83 bits per heavy atom. The van der Waals surface area contributed by atoms with Crippen LogP contribution < -0.4 is 10.6 Å². The van der Waals surface area contributed by atoms with E-state index in [1.54, 1.807) is 13.8 Å². The average Bonchev–Trinajstić information content (AvgIpc) is 2.70. The normalized spacial score (nSPS) is 14.2. The molecule has 0 spiro atoms. The van der Waals surface area contributed by atoms with Gasteiger partial charge in [-0.15, -0.1) is 0 Å². The minimum absolute atomic E-state index is 0.0143. The Labute approximate surface area is 178 Å². The third kappa shape index (κ3) is 17.5. The summed E-state index contributed by atoms with van der Waals surface area (Å²) >= 11 is 0. The van der Waals surface area contributed by atoms with Crippen molar-refractivity contribution < 1.29 is 39.1 Å². The molecular weight excluding hydrogens is 396 g/mol. The first kappa shape index (κ1) is 28.6. The van der Waals surface area contributed by atoms with Crippen molar-refractivity contribution in [2.24, 2.45) is 0 Å². The van der Waals surface area contributed by atoms with Gasteiger partial charge in [0.2, 0.25) is 0 Å². The molecule has 176 valence electrons. The minimum atomic E-state index is -1.06. The number of rotatable bonds is 20. The Bertz CT molecular complexity index is 489. The fraction of sp³-hybridized carbons (Fsp3) is 0.750. The van der Waals surface area contributed by atoms with Crippen LogP contribution in [-0.4, -0.2) is 106 Å². The predicted molar refractivity (Wildman–Crippen MR) is 112 cm³/mol. The molecule has 0 aromatic heterocycles. The SMILES string of the molecule is C=C(C)C(=O)OCC(O)CNCCOCCOCCNCC(O)COC(O)C(=C)C. The molecule has 0 saturated heterocycles. The Morgan fingerprint density at radius 2 is 1.37 bits per heavy atom. The quantitative estimate of drug-likeness (QED) is 0.0530. The maximum Gasteiger partial charge on any atom is 0.333 e. The van der Waals surface area contributed by atoms with Crippen LogP contribution in [0.15, 0.2) is 24.3 Å². The molecule has 10 nitrogen and oxygen atoms in total. The molecule has 0 aliphatic carbocycles. The number of aliphatic hydroxyl groups excluding tert-OH is 3. The molecule has 0 radical (unpaired) electrons. The number of carbonyl (C=O) groups is 1. The lowest BCUT2D eigenvalue weighted by atomic mass is 10.3. The molecule has 30 heavy (non-hydrogen) atoms. The van der Waals surface area contributed by atoms with Gasteiger partial charge in [0.25, 0.3) is 0 Å². The largest absolute Gasteiger partial charge is 0.460 e. The van der Waals surface area contributed by atoms with Crippen LogP contribution in [-0.2, 0) is 23.7 Å². The third-order valence-electron chi connectivity index (χ3n) is 3.60. The monoisotopic (exact) mass is 434 g/mol. The van der Waals surface area contributed by atoms with Gasteiger partial charge in [0, 0.05) is 31.8 Å². The van der Waals surface area contributed by atoms with Gasteiger partial charge in [-0.25, -0.2) is 4.79 Å². The van der Waals surface area contributed by atoms with Gasteiger partial charge in [-0.3, -0.25) is 0 Å². The van der Waals surface area contributed by atoms with Crippen LogP contribution in [0.4, 0.5) is 0 Å². The zero-order valence-corrected chi connectivity index (χ0v) is 18.1. The molecule has 0 amide bonds. The van der Waals surface area contributed by atoms with E-state index in [0.717, 1.165) is 0 Å². The molecule has 0 aromatic carbocycles. The summed E-state index contributed by atoms with van der Waals surface area (Å²) in [5.41, 5.74) is 0.782. The van der Waals surface area contributed by atoms with Crippen molar-refractivity contribution in [3.8, 4) is 0 Å². The number of esters is 1. The summed E-state index contributed by atoms with van der Waals surface area (Å²) in [6.45, 7) is 13.7. The molecule has 0 aliphatic heterocycles. The van der Waals surface area contributed by atoms with E-state index in [2.05, 4.69) is 23.8 Å². The topological polar surface area (TPSA) is 139 Å². The fourth-order valence-corrected chi connectivity index (χ4v) is 1.91. The highest BCUT2D eigenvalue weighted by Gasteiger charge is 2.10. The van der Waals surface area contributed by atoms with Crippen LogP contribution in [0.1, 0.15) is 13.8 Å². The van der Waals surface area contributed by atoms with Crippen molar-refractivity contribution in [3.05, 3.63) is 24.3 Å². The van der Waals surface area contributed by atoms with Crippen molar-refractivity contribution in [2.75, 3.05) is 65.8 Å². The van der Waals surface area contributed by atoms with E-state index in [9.17, 15) is 20.1 Å². The van der Waals surface area contributed by atoms with E-state index in [-0.39, 0.29) is 19.8 Å². The second kappa shape index (κ2) is 18.4. The van der Waals surface area contributed by atoms with Gasteiger partial charge in [0.15, 0.2) is 6.29 Å². The molecule has 3 atom stereocenters. The van der Waals surface area contributed by atoms with Gasteiger partial charge in [-0.05, 0) is 19.4 Å². The molecule has 0 heterocycles. The molecule has 0 aliphatic rings. The molecule has 5 N–H and O–H groups in total. The number of hydrogen-bond acceptors (Lipinski definition) is 10. The molecule has 0 fully saturated rings. The van der Waals surface area contributed by atoms with Gasteiger partial charge in [-0.2, -0.15) is 0 Å². The van der Waals surface area contributed by atoms with E-state index in [0.29, 0.717) is 57.2 Å². The summed E-state index contributed by atoms with van der Waals surface area (Å²) in [6.07, 6.45) is -2.58. The number of aliphatic hydroxyl groups is 3. The lowest BCUT2D eigenvalue weighted by Gasteiger charge is -2.16. The molecule has 0 aromatic rings. The van der Waals surface area contributed by atoms with E-state index in [1.807, 2.05) is 0 Å². The second-order valence-electron chi connectivity index (χ2n) is 6.85. The zero-order valence-electron chi connectivity index (χ0n) is 18.1. The molecule has 10 heteroatoms. The molecular formula is C20H38N2O8. The number of ether oxygens (including phenoxy) is 4. The Hall–Kier alpha value is -1.37. The zero-order chi connectivity index (χ0) is 22.8. The van der Waals surface area contributed by atoms with Crippen molar-refractivity contribution in [1.29, 1.82) is 0 Å². The van der Waals surface area contributed by atoms with Crippen molar-refractivity contribution in [3.63, 3.8) is 0 Å². The Morgan fingerprint density at radius 1 is 0.867 bits per heavy atom. The summed E-state index contributed by atoms with van der Waals surface area (Å²) in [5, 5.41) is 34.8. The van der Waals surface area contributed by atoms with Gasteiger partial charge in [0.1, 0.15) is 12.7 Å². The van der Waals surface area contributed by atoms with Crippen LogP contribution >= 0.6 is 0 Å². The van der Waals surface area contributed by atoms with Crippen LogP contribution in [0.25, 0.3) is 0 Å². The maximum atomic E-state index is 11.2. The van der Waals surface area contributed by atoms with Crippen molar-refractivity contribution in [1.82, 2.24) is 10.6 Å². The highest BCUT2D eigenvalue weighted by molar-refractivity contribution is 5.86. The summed E-state index contributed by atoms with van der Waals surface area (Å²) in [4.78, 5) is 11.2. The fourth-order valence-electron chi connectivity index (χ4n) is 1.91. The van der Waals surface area contributed by atoms with Crippen molar-refractivity contribution >= 4 is 5.97 Å². The Balaban J connectivity index is 3.36. The maximum absolute atomic E-state index is 11.2. The number of carbonyl (C=O) groups excluding carboxylic acids is 1. The van der Waals surface area contributed by atoms with E-state index in [1.165, 1.54) is 0 Å². The van der Waals surface area contributed by atoms with Gasteiger partial charge in [-0.1, -0.05) is 13.2 Å². The smallest absolute Gasteiger partial charge is 0.333 e. The summed E-state index contributed by atoms with van der Waals surface area (Å²) < 4.78 is 20.7. The van der Waals surface area contributed by atoms with E-state index >= 15 is 0 Å². The van der Waals surface area contributed by atoms with Crippen LogP contribution in [0.5, 0.6) is 0 Å². The summed E-state index contributed by atoms with van der Waals surface area (Å²) in [6, 6.07) is 0. The standard InChI is InChI=1S/C20H38N2O8/c1-15(2)19(25)29-13-17(23)11-21-5-7-27-9-10-28-8-6-22-12-18(24)14-30-20(26)16(3)4/h17-19,21-25H,1,3,5-14H2,2,4H3. The van der Waals surface area contributed by atoms with Crippen LogP contribution in [0.3, 0.4) is 0 Å². The third-order valence-corrected chi connectivity index (χ3v) is 3.60. The first-order chi connectivity index (χ1) is 14.2. The number of hydrogen-bond donors (Lipinski definition) is 5. The van der Waals surface area contributed by atoms with Crippen LogP contribution in [0.2, 0.25) is 0 Å². The van der Waals surface area contributed by atoms with Gasteiger partial charge < -0.3 is 44.9 Å². The molecule has 0 bridgehead atoms. The highest BCUT2D eigenvalue weighted by Crippen LogP contribution is 1.99. The van der Waals surface area contributed by atoms with E-state index < -0.39 is 24.5 Å². The minimum Gasteiger partial charge on any atom is -0.460 e. The van der Waals surface area contributed by atoms with Crippen LogP contribution in [0, 0.1) is 0 Å². The van der Waals surface area contributed by atoms with Gasteiger partial charge >= 0.3 is 5.97 Å². The van der Waals surface area contributed by atoms with Gasteiger partial charge in [0.05, 0.1) is 39.1 Å². The molecule has 0 rings (SSSR count). The van der Waals surface area contributed by atoms with E-state index in [4.69, 9.17) is 18.9 Å². The highest BCUT2D eigenvalue weighted by atomic mass is 16.6. The lowest BCUT2D eigenvalue weighted by molar-refractivity contribution is -0.141. The first-order valence-corrected chi connectivity index (χ1v) is 9.94. The predicted octanol–water partition coefficient (Wildman–Crippen LogP) is -1.05. The molecule has 0 saturated carbocycles. The summed E-state index contributed by atoms with van der Waals surface area (Å²) in [7, 11) is 0. The average molecular weight is 435 g/mol. The Kier molecular flexibility index (Phi) is 17.6. The summed E-state index contributed by atoms with van der Waals surface area (Å²) in [5.74, 6) is -0.517. The molecule has 3 unspecified atom stereocenters.